The average Bonchev–Trinajstić information content (AvgIpc) is 2.66. The van der Waals surface area contributed by atoms with E-state index in [0.717, 1.165) is 6.07 Å². The van der Waals surface area contributed by atoms with Gasteiger partial charge in [-0.25, -0.2) is 9.18 Å². The maximum atomic E-state index is 12.9. The Bertz CT molecular complexity index is 857. The van der Waals surface area contributed by atoms with Crippen molar-refractivity contribution in [3.63, 3.8) is 0 Å². The number of ether oxygens (including phenoxy) is 1. The number of hydrogen-bond donors (Lipinski definition) is 1. The number of benzene rings is 2. The lowest BCUT2D eigenvalue weighted by Gasteiger charge is -2.16. The summed E-state index contributed by atoms with van der Waals surface area (Å²) < 4.78 is 18.1. The molecule has 2 rings (SSSR count). The second-order valence-electron chi connectivity index (χ2n) is 5.44. The third kappa shape index (κ3) is 5.27. The number of anilines is 1. The maximum absolute atomic E-state index is 12.9. The molecule has 0 radical (unpaired) electrons. The van der Waals surface area contributed by atoms with E-state index in [1.807, 2.05) is 0 Å². The molecule has 2 aromatic rings. The molecule has 0 saturated carbocycles. The van der Waals surface area contributed by atoms with Gasteiger partial charge in [0, 0.05) is 11.8 Å². The topological polar surface area (TPSA) is 98.5 Å². The van der Waals surface area contributed by atoms with Crippen molar-refractivity contribution in [1.82, 2.24) is 0 Å². The molecule has 7 nitrogen and oxygen atoms in total. The number of halogens is 1. The normalized spacial score (nSPS) is 11.5. The number of rotatable bonds is 7. The van der Waals surface area contributed by atoms with Crippen molar-refractivity contribution < 1.29 is 23.6 Å². The number of nitrogens with zero attached hydrogens (tertiary/aromatic N) is 1. The van der Waals surface area contributed by atoms with Crippen LogP contribution in [0.2, 0.25) is 0 Å². The molecule has 0 saturated heterocycles. The molecule has 0 aromatic heterocycles. The first-order valence-corrected chi connectivity index (χ1v) is 9.18. The molecule has 0 aliphatic carbocycles. The minimum Gasteiger partial charge on any atom is -0.449 e. The van der Waals surface area contributed by atoms with E-state index in [9.17, 15) is 24.1 Å². The summed E-state index contributed by atoms with van der Waals surface area (Å²) in [5.41, 5.74) is 0.129. The lowest BCUT2D eigenvalue weighted by molar-refractivity contribution is -0.387. The Hall–Kier alpha value is -2.94. The summed E-state index contributed by atoms with van der Waals surface area (Å²) in [5, 5.41) is 13.6. The van der Waals surface area contributed by atoms with Crippen LogP contribution >= 0.6 is 11.8 Å². The zero-order valence-electron chi connectivity index (χ0n) is 14.6. The fourth-order valence-electron chi connectivity index (χ4n) is 2.24. The summed E-state index contributed by atoms with van der Waals surface area (Å²) in [6, 6.07) is 9.13. The van der Waals surface area contributed by atoms with Crippen LogP contribution in [0, 0.1) is 15.9 Å². The van der Waals surface area contributed by atoms with Crippen LogP contribution in [0.4, 0.5) is 15.8 Å². The number of esters is 1. The number of thioether (sulfide) groups is 1. The molecule has 1 atom stereocenters. The monoisotopic (exact) mass is 392 g/mol. The predicted molar refractivity (Wildman–Crippen MR) is 99.4 cm³/mol. The summed E-state index contributed by atoms with van der Waals surface area (Å²) in [4.78, 5) is 35.5. The first-order valence-electron chi connectivity index (χ1n) is 7.95. The number of nitro benzene ring substituents is 1. The Morgan fingerprint density at radius 3 is 2.48 bits per heavy atom. The Kier molecular flexibility index (Phi) is 6.89. The van der Waals surface area contributed by atoms with Gasteiger partial charge in [0.15, 0.2) is 6.10 Å². The van der Waals surface area contributed by atoms with Crippen LogP contribution in [0.5, 0.6) is 0 Å². The van der Waals surface area contributed by atoms with Gasteiger partial charge in [-0.15, -0.1) is 11.8 Å². The minimum atomic E-state index is -1.10. The smallest absolute Gasteiger partial charge is 0.339 e. The quantitative estimate of drug-likeness (QED) is 0.331. The van der Waals surface area contributed by atoms with Crippen molar-refractivity contribution in [3.05, 3.63) is 64.0 Å². The standard InChI is InChI=1S/C18H17FN2O5S/c1-3-15(17(22)20-13-7-5-12(19)6-8-13)26-18(23)11-4-9-16(27-2)14(10-11)21(24)25/h4-10,15H,3H2,1-2H3,(H,20,22). The van der Waals surface area contributed by atoms with E-state index < -0.39 is 28.7 Å². The maximum Gasteiger partial charge on any atom is 0.339 e. The highest BCUT2D eigenvalue weighted by Gasteiger charge is 2.24. The van der Waals surface area contributed by atoms with E-state index in [4.69, 9.17) is 4.74 Å². The van der Waals surface area contributed by atoms with Gasteiger partial charge < -0.3 is 10.1 Å². The van der Waals surface area contributed by atoms with Crippen LogP contribution in [-0.2, 0) is 9.53 Å². The highest BCUT2D eigenvalue weighted by molar-refractivity contribution is 7.98. The molecule has 142 valence electrons. The summed E-state index contributed by atoms with van der Waals surface area (Å²) >= 11 is 1.19. The zero-order chi connectivity index (χ0) is 20.0. The Morgan fingerprint density at radius 1 is 1.26 bits per heavy atom. The van der Waals surface area contributed by atoms with Crippen molar-refractivity contribution in [2.24, 2.45) is 0 Å². The molecule has 0 spiro atoms. The zero-order valence-corrected chi connectivity index (χ0v) is 15.4. The SMILES string of the molecule is CCC(OC(=O)c1ccc(SC)c([N+](=O)[O-])c1)C(=O)Nc1ccc(F)cc1. The van der Waals surface area contributed by atoms with Gasteiger partial charge in [-0.3, -0.25) is 14.9 Å². The van der Waals surface area contributed by atoms with E-state index in [1.54, 1.807) is 13.2 Å². The lowest BCUT2D eigenvalue weighted by Crippen LogP contribution is -2.32. The summed E-state index contributed by atoms with van der Waals surface area (Å²) in [6.45, 7) is 1.65. The molecule has 0 heterocycles. The number of amides is 1. The fraction of sp³-hybridized carbons (Fsp3) is 0.222. The van der Waals surface area contributed by atoms with E-state index in [-0.39, 0.29) is 17.7 Å². The Labute approximate surface area is 159 Å². The van der Waals surface area contributed by atoms with Gasteiger partial charge in [0.1, 0.15) is 5.82 Å². The van der Waals surface area contributed by atoms with E-state index in [2.05, 4.69) is 5.32 Å². The summed E-state index contributed by atoms with van der Waals surface area (Å²) in [6.07, 6.45) is 0.790. The first kappa shape index (κ1) is 20.4. The largest absolute Gasteiger partial charge is 0.449 e. The molecule has 0 fully saturated rings. The van der Waals surface area contributed by atoms with Crippen LogP contribution in [0.25, 0.3) is 0 Å². The predicted octanol–water partition coefficient (Wildman–Crippen LogP) is 4.03. The van der Waals surface area contributed by atoms with E-state index in [0.29, 0.717) is 10.6 Å². The Morgan fingerprint density at radius 2 is 1.93 bits per heavy atom. The molecule has 0 aliphatic rings. The van der Waals surface area contributed by atoms with Crippen LogP contribution in [0.3, 0.4) is 0 Å². The molecular formula is C18H17FN2O5S. The average molecular weight is 392 g/mol. The molecule has 1 amide bonds. The third-order valence-corrected chi connectivity index (χ3v) is 4.42. The minimum absolute atomic E-state index is 0.0208. The molecule has 2 aromatic carbocycles. The molecule has 0 bridgehead atoms. The van der Waals surface area contributed by atoms with Crippen molar-refractivity contribution in [1.29, 1.82) is 0 Å². The molecular weight excluding hydrogens is 375 g/mol. The number of hydrogen-bond acceptors (Lipinski definition) is 6. The van der Waals surface area contributed by atoms with Crippen LogP contribution in [0.1, 0.15) is 23.7 Å². The van der Waals surface area contributed by atoms with Gasteiger partial charge in [0.25, 0.3) is 11.6 Å². The number of nitro groups is 1. The van der Waals surface area contributed by atoms with Gasteiger partial charge in [-0.05, 0) is 49.1 Å². The van der Waals surface area contributed by atoms with Gasteiger partial charge in [0.2, 0.25) is 0 Å². The number of carbonyl (C=O) groups excluding carboxylic acids is 2. The second-order valence-corrected chi connectivity index (χ2v) is 6.29. The third-order valence-electron chi connectivity index (χ3n) is 3.64. The van der Waals surface area contributed by atoms with Crippen molar-refractivity contribution in [2.75, 3.05) is 11.6 Å². The van der Waals surface area contributed by atoms with Gasteiger partial charge in [-0.2, -0.15) is 0 Å². The summed E-state index contributed by atoms with van der Waals surface area (Å²) in [7, 11) is 0. The molecule has 27 heavy (non-hydrogen) atoms. The second kappa shape index (κ2) is 9.13. The van der Waals surface area contributed by atoms with Crippen LogP contribution in [-0.4, -0.2) is 29.2 Å². The number of nitrogens with one attached hydrogen (secondary N) is 1. The highest BCUT2D eigenvalue weighted by atomic mass is 32.2. The van der Waals surface area contributed by atoms with Crippen molar-refractivity contribution in [2.45, 2.75) is 24.3 Å². The first-order chi connectivity index (χ1) is 12.8. The lowest BCUT2D eigenvalue weighted by atomic mass is 10.2. The van der Waals surface area contributed by atoms with Gasteiger partial charge in [-0.1, -0.05) is 6.92 Å². The Balaban J connectivity index is 2.12. The molecule has 1 N–H and O–H groups in total. The fourth-order valence-corrected chi connectivity index (χ4v) is 2.78. The van der Waals surface area contributed by atoms with Gasteiger partial charge >= 0.3 is 5.97 Å². The van der Waals surface area contributed by atoms with Crippen LogP contribution in [0.15, 0.2) is 47.4 Å². The summed E-state index contributed by atoms with van der Waals surface area (Å²) in [5.74, 6) is -1.86. The molecule has 0 aliphatic heterocycles. The molecule has 1 unspecified atom stereocenters. The molecule has 9 heteroatoms. The van der Waals surface area contributed by atoms with Crippen molar-refractivity contribution in [3.8, 4) is 0 Å². The van der Waals surface area contributed by atoms with Gasteiger partial charge in [0.05, 0.1) is 15.4 Å². The van der Waals surface area contributed by atoms with Crippen LogP contribution < -0.4 is 5.32 Å². The highest BCUT2D eigenvalue weighted by Crippen LogP contribution is 2.28. The van der Waals surface area contributed by atoms with E-state index >= 15 is 0 Å². The van der Waals surface area contributed by atoms with Crippen molar-refractivity contribution >= 4 is 35.0 Å². The van der Waals surface area contributed by atoms with E-state index in [1.165, 1.54) is 48.2 Å². The number of carbonyl (C=O) groups is 2.